The van der Waals surface area contributed by atoms with Crippen molar-refractivity contribution in [2.24, 2.45) is 5.92 Å². The molecule has 0 aliphatic rings. The minimum Gasteiger partial charge on any atom is -0.381 e. The largest absolute Gasteiger partial charge is 0.381 e. The molecule has 0 N–H and O–H groups in total. The minimum absolute atomic E-state index is 0.403. The molecule has 0 aliphatic heterocycles. The van der Waals surface area contributed by atoms with Crippen molar-refractivity contribution < 1.29 is 4.74 Å². The number of rotatable bonds is 7. The molecule has 0 aromatic carbocycles. The molecule has 2 heteroatoms. The lowest BCUT2D eigenvalue weighted by molar-refractivity contribution is 0.0785. The van der Waals surface area contributed by atoms with E-state index < -0.39 is 0 Å². The fraction of sp³-hybridized carbons (Fsp3) is 1.00. The Morgan fingerprint density at radius 3 is 2.33 bits per heavy atom. The Balaban J connectivity index is 3.65. The normalized spacial score (nSPS) is 16.0. The molecule has 0 spiro atoms. The molecule has 2 unspecified atom stereocenters. The summed E-state index contributed by atoms with van der Waals surface area (Å²) in [5.41, 5.74) is 0. The van der Waals surface area contributed by atoms with Gasteiger partial charge in [0.05, 0.1) is 6.10 Å². The van der Waals surface area contributed by atoms with E-state index >= 15 is 0 Å². The average molecular weight is 193 g/mol. The highest BCUT2D eigenvalue weighted by atomic mass is 35.5. The Kier molecular flexibility index (Phi) is 8.04. The van der Waals surface area contributed by atoms with Crippen molar-refractivity contribution in [3.8, 4) is 0 Å². The van der Waals surface area contributed by atoms with Gasteiger partial charge in [-0.15, -0.1) is 11.6 Å². The van der Waals surface area contributed by atoms with Crippen LogP contribution >= 0.6 is 11.6 Å². The van der Waals surface area contributed by atoms with Gasteiger partial charge in [-0.05, 0) is 25.2 Å². The molecule has 74 valence electrons. The van der Waals surface area contributed by atoms with Crippen LogP contribution in [0.15, 0.2) is 0 Å². The number of ether oxygens (including phenoxy) is 1. The van der Waals surface area contributed by atoms with Crippen molar-refractivity contribution in [3.05, 3.63) is 0 Å². The molecule has 0 fully saturated rings. The van der Waals surface area contributed by atoms with Crippen LogP contribution in [0.3, 0.4) is 0 Å². The van der Waals surface area contributed by atoms with Gasteiger partial charge in [-0.2, -0.15) is 0 Å². The quantitative estimate of drug-likeness (QED) is 0.562. The van der Waals surface area contributed by atoms with Gasteiger partial charge in [-0.25, -0.2) is 0 Å². The smallest absolute Gasteiger partial charge is 0.0571 e. The summed E-state index contributed by atoms with van der Waals surface area (Å²) in [5.74, 6) is 1.41. The highest BCUT2D eigenvalue weighted by Gasteiger charge is 2.12. The zero-order valence-electron chi connectivity index (χ0n) is 8.48. The summed E-state index contributed by atoms with van der Waals surface area (Å²) in [5, 5.41) is 0. The monoisotopic (exact) mass is 192 g/mol. The molecule has 0 radical (unpaired) electrons. The van der Waals surface area contributed by atoms with Gasteiger partial charge < -0.3 is 4.74 Å². The van der Waals surface area contributed by atoms with Gasteiger partial charge in [0.1, 0.15) is 0 Å². The third kappa shape index (κ3) is 5.00. The number of alkyl halides is 1. The summed E-state index contributed by atoms with van der Waals surface area (Å²) in [6.45, 7) is 4.36. The van der Waals surface area contributed by atoms with Crippen LogP contribution < -0.4 is 0 Å². The summed E-state index contributed by atoms with van der Waals surface area (Å²) in [7, 11) is 1.78. The molecule has 0 amide bonds. The molecular weight excluding hydrogens is 172 g/mol. The van der Waals surface area contributed by atoms with Crippen molar-refractivity contribution in [1.82, 2.24) is 0 Å². The number of hydrogen-bond donors (Lipinski definition) is 0. The first-order valence-electron chi connectivity index (χ1n) is 4.87. The third-order valence-corrected chi connectivity index (χ3v) is 2.74. The third-order valence-electron chi connectivity index (χ3n) is 2.30. The molecule has 0 heterocycles. The second-order valence-corrected chi connectivity index (χ2v) is 3.62. The van der Waals surface area contributed by atoms with Crippen LogP contribution in [0.4, 0.5) is 0 Å². The number of hydrogen-bond acceptors (Lipinski definition) is 1. The van der Waals surface area contributed by atoms with E-state index in [2.05, 4.69) is 13.8 Å². The summed E-state index contributed by atoms with van der Waals surface area (Å²) < 4.78 is 5.32. The Bertz CT molecular complexity index is 91.8. The van der Waals surface area contributed by atoms with E-state index in [1.54, 1.807) is 7.11 Å². The van der Waals surface area contributed by atoms with Gasteiger partial charge in [-0.1, -0.05) is 20.3 Å². The van der Waals surface area contributed by atoms with Crippen LogP contribution in [0.25, 0.3) is 0 Å². The Labute approximate surface area is 81.4 Å². The average Bonchev–Trinajstić information content (AvgIpc) is 2.12. The van der Waals surface area contributed by atoms with E-state index in [1.165, 1.54) is 12.8 Å². The molecule has 0 aromatic rings. The van der Waals surface area contributed by atoms with Crippen LogP contribution in [0, 0.1) is 5.92 Å². The maximum absolute atomic E-state index is 5.85. The summed E-state index contributed by atoms with van der Waals surface area (Å²) in [6, 6.07) is 0. The first-order valence-corrected chi connectivity index (χ1v) is 5.40. The second-order valence-electron chi connectivity index (χ2n) is 3.31. The van der Waals surface area contributed by atoms with Crippen molar-refractivity contribution in [3.63, 3.8) is 0 Å². The van der Waals surface area contributed by atoms with Crippen molar-refractivity contribution in [1.29, 1.82) is 0 Å². The minimum atomic E-state index is 0.403. The maximum Gasteiger partial charge on any atom is 0.0571 e. The van der Waals surface area contributed by atoms with E-state index in [1.807, 2.05) is 0 Å². The molecule has 0 saturated carbocycles. The molecule has 0 saturated heterocycles. The summed E-state index contributed by atoms with van der Waals surface area (Å²) >= 11 is 5.85. The first kappa shape index (κ1) is 12.2. The van der Waals surface area contributed by atoms with Gasteiger partial charge in [0.25, 0.3) is 0 Å². The van der Waals surface area contributed by atoms with Gasteiger partial charge in [0, 0.05) is 13.0 Å². The lowest BCUT2D eigenvalue weighted by Crippen LogP contribution is -2.16. The van der Waals surface area contributed by atoms with E-state index in [4.69, 9.17) is 16.3 Å². The maximum atomic E-state index is 5.85. The van der Waals surface area contributed by atoms with Gasteiger partial charge in [0.2, 0.25) is 0 Å². The summed E-state index contributed by atoms with van der Waals surface area (Å²) in [4.78, 5) is 0. The van der Waals surface area contributed by atoms with Crippen molar-refractivity contribution in [2.75, 3.05) is 13.0 Å². The molecule has 1 nitrogen and oxygen atoms in total. The number of halogens is 1. The van der Waals surface area contributed by atoms with Crippen molar-refractivity contribution >= 4 is 11.6 Å². The van der Waals surface area contributed by atoms with Crippen LogP contribution in [-0.2, 0) is 4.74 Å². The standard InChI is InChI=1S/C10H21ClO/c1-4-6-9(8-11)7-10(5-2)12-3/h9-10H,4-8H2,1-3H3. The van der Waals surface area contributed by atoms with Crippen molar-refractivity contribution in [2.45, 2.75) is 45.6 Å². The lowest BCUT2D eigenvalue weighted by atomic mass is 9.97. The SMILES string of the molecule is CCCC(CCl)CC(CC)OC. The van der Waals surface area contributed by atoms with E-state index in [0.717, 1.165) is 18.7 Å². The zero-order chi connectivity index (χ0) is 9.40. The molecule has 0 rings (SSSR count). The molecular formula is C10H21ClO. The van der Waals surface area contributed by atoms with Gasteiger partial charge >= 0.3 is 0 Å². The Hall–Kier alpha value is 0.250. The fourth-order valence-corrected chi connectivity index (χ4v) is 1.75. The van der Waals surface area contributed by atoms with E-state index in [9.17, 15) is 0 Å². The van der Waals surface area contributed by atoms with Crippen LogP contribution in [0.2, 0.25) is 0 Å². The topological polar surface area (TPSA) is 9.23 Å². The molecule has 12 heavy (non-hydrogen) atoms. The van der Waals surface area contributed by atoms with Gasteiger partial charge in [-0.3, -0.25) is 0 Å². The molecule has 0 aromatic heterocycles. The highest BCUT2D eigenvalue weighted by Crippen LogP contribution is 2.18. The van der Waals surface area contributed by atoms with Crippen LogP contribution in [-0.4, -0.2) is 19.1 Å². The Morgan fingerprint density at radius 2 is 2.00 bits per heavy atom. The fourth-order valence-electron chi connectivity index (χ4n) is 1.47. The summed E-state index contributed by atoms with van der Waals surface area (Å²) in [6.07, 6.45) is 5.05. The highest BCUT2D eigenvalue weighted by molar-refractivity contribution is 6.18. The first-order chi connectivity index (χ1) is 5.78. The Morgan fingerprint density at radius 1 is 1.33 bits per heavy atom. The predicted molar refractivity (Wildman–Crippen MR) is 54.8 cm³/mol. The van der Waals surface area contributed by atoms with Gasteiger partial charge in [0.15, 0.2) is 0 Å². The van der Waals surface area contributed by atoms with E-state index in [0.29, 0.717) is 12.0 Å². The molecule has 0 aliphatic carbocycles. The zero-order valence-corrected chi connectivity index (χ0v) is 9.23. The second kappa shape index (κ2) is 7.88. The molecule has 0 bridgehead atoms. The van der Waals surface area contributed by atoms with Crippen LogP contribution in [0.5, 0.6) is 0 Å². The lowest BCUT2D eigenvalue weighted by Gasteiger charge is -2.19. The van der Waals surface area contributed by atoms with Crippen LogP contribution in [0.1, 0.15) is 39.5 Å². The predicted octanol–water partition coefficient (Wildman–Crippen LogP) is 3.46. The van der Waals surface area contributed by atoms with E-state index in [-0.39, 0.29) is 0 Å². The number of methoxy groups -OCH3 is 1. The molecule has 2 atom stereocenters.